The Labute approximate surface area is 166 Å². The van der Waals surface area contributed by atoms with Gasteiger partial charge in [-0.15, -0.1) is 0 Å². The van der Waals surface area contributed by atoms with Crippen LogP contribution in [0.2, 0.25) is 0 Å². The number of amides is 1. The van der Waals surface area contributed by atoms with Gasteiger partial charge in [-0.3, -0.25) is 4.79 Å². The van der Waals surface area contributed by atoms with Crippen molar-refractivity contribution in [3.05, 3.63) is 88.5 Å². The van der Waals surface area contributed by atoms with E-state index in [0.717, 1.165) is 28.1 Å². The summed E-state index contributed by atoms with van der Waals surface area (Å²) in [6.45, 7) is 6.32. The molecule has 0 aliphatic rings. The van der Waals surface area contributed by atoms with Crippen LogP contribution >= 0.6 is 0 Å². The van der Waals surface area contributed by atoms with E-state index in [1.165, 1.54) is 5.56 Å². The Hall–Kier alpha value is -3.27. The number of benzene rings is 3. The predicted molar refractivity (Wildman–Crippen MR) is 112 cm³/mol. The summed E-state index contributed by atoms with van der Waals surface area (Å²) in [5.41, 5.74) is 5.47. The summed E-state index contributed by atoms with van der Waals surface area (Å²) in [6.07, 6.45) is 0. The first-order chi connectivity index (χ1) is 13.5. The van der Waals surface area contributed by atoms with Crippen molar-refractivity contribution >= 4 is 11.6 Å². The maximum atomic E-state index is 12.8. The molecule has 0 bridgehead atoms. The van der Waals surface area contributed by atoms with E-state index in [-0.39, 0.29) is 5.91 Å². The molecule has 0 fully saturated rings. The Kier molecular flexibility index (Phi) is 5.99. The van der Waals surface area contributed by atoms with Crippen LogP contribution in [0, 0.1) is 20.8 Å². The van der Waals surface area contributed by atoms with E-state index in [1.54, 1.807) is 19.2 Å². The van der Waals surface area contributed by atoms with Crippen molar-refractivity contribution in [2.24, 2.45) is 0 Å². The molecule has 0 atom stereocenters. The van der Waals surface area contributed by atoms with Crippen molar-refractivity contribution in [1.29, 1.82) is 0 Å². The summed E-state index contributed by atoms with van der Waals surface area (Å²) in [6, 6.07) is 19.2. The molecule has 4 heteroatoms. The molecule has 4 nitrogen and oxygen atoms in total. The van der Waals surface area contributed by atoms with Crippen molar-refractivity contribution < 1.29 is 14.3 Å². The smallest absolute Gasteiger partial charge is 0.255 e. The van der Waals surface area contributed by atoms with Crippen molar-refractivity contribution in [1.82, 2.24) is 0 Å². The van der Waals surface area contributed by atoms with E-state index in [2.05, 4.69) is 5.32 Å². The predicted octanol–water partition coefficient (Wildman–Crippen LogP) is 5.45. The minimum atomic E-state index is -0.156. The third kappa shape index (κ3) is 4.52. The molecule has 0 unspecified atom stereocenters. The van der Waals surface area contributed by atoms with Gasteiger partial charge in [-0.05, 0) is 62.2 Å². The number of ether oxygens (including phenoxy) is 2. The van der Waals surface area contributed by atoms with Gasteiger partial charge in [-0.25, -0.2) is 0 Å². The fourth-order valence-corrected chi connectivity index (χ4v) is 3.03. The number of carbonyl (C=O) groups is 1. The Morgan fingerprint density at radius 2 is 1.61 bits per heavy atom. The number of rotatable bonds is 6. The highest BCUT2D eigenvalue weighted by molar-refractivity contribution is 6.05. The molecule has 3 aromatic carbocycles. The Morgan fingerprint density at radius 3 is 2.25 bits per heavy atom. The molecule has 0 saturated heterocycles. The zero-order valence-corrected chi connectivity index (χ0v) is 16.7. The molecule has 1 amide bonds. The van der Waals surface area contributed by atoms with Crippen LogP contribution in [0.15, 0.2) is 60.7 Å². The molecule has 0 aliphatic heterocycles. The van der Waals surface area contributed by atoms with Crippen LogP contribution < -0.4 is 14.8 Å². The second kappa shape index (κ2) is 8.61. The summed E-state index contributed by atoms with van der Waals surface area (Å²) in [5.74, 6) is 1.31. The molecule has 3 aromatic rings. The van der Waals surface area contributed by atoms with E-state index in [4.69, 9.17) is 9.47 Å². The fourth-order valence-electron chi connectivity index (χ4n) is 3.03. The van der Waals surface area contributed by atoms with Crippen molar-refractivity contribution in [2.75, 3.05) is 12.4 Å². The van der Waals surface area contributed by atoms with Crippen LogP contribution in [0.4, 0.5) is 5.69 Å². The molecule has 3 rings (SSSR count). The minimum absolute atomic E-state index is 0.156. The number of aryl methyl sites for hydroxylation is 3. The van der Waals surface area contributed by atoms with Crippen LogP contribution in [-0.4, -0.2) is 13.0 Å². The van der Waals surface area contributed by atoms with Gasteiger partial charge in [0.15, 0.2) is 0 Å². The number of hydrogen-bond acceptors (Lipinski definition) is 3. The zero-order chi connectivity index (χ0) is 20.1. The molecule has 1 N–H and O–H groups in total. The summed E-state index contributed by atoms with van der Waals surface area (Å²) in [7, 11) is 1.61. The van der Waals surface area contributed by atoms with Crippen molar-refractivity contribution in [3.63, 3.8) is 0 Å². The molecule has 0 spiro atoms. The van der Waals surface area contributed by atoms with Crippen molar-refractivity contribution in [2.45, 2.75) is 27.4 Å². The number of carbonyl (C=O) groups excluding carboxylic acids is 1. The molecule has 0 radical (unpaired) electrons. The van der Waals surface area contributed by atoms with Crippen molar-refractivity contribution in [3.8, 4) is 11.5 Å². The van der Waals surface area contributed by atoms with Gasteiger partial charge in [0.2, 0.25) is 0 Å². The third-order valence-electron chi connectivity index (χ3n) is 4.68. The highest BCUT2D eigenvalue weighted by Crippen LogP contribution is 2.24. The normalized spacial score (nSPS) is 10.4. The van der Waals surface area contributed by atoms with E-state index >= 15 is 0 Å². The molecule has 0 saturated carbocycles. The van der Waals surface area contributed by atoms with Gasteiger partial charge in [0.25, 0.3) is 5.91 Å². The van der Waals surface area contributed by atoms with Crippen LogP contribution in [0.3, 0.4) is 0 Å². The molecule has 0 aromatic heterocycles. The monoisotopic (exact) mass is 375 g/mol. The number of para-hydroxylation sites is 1. The lowest BCUT2D eigenvalue weighted by Crippen LogP contribution is -2.14. The zero-order valence-electron chi connectivity index (χ0n) is 16.7. The van der Waals surface area contributed by atoms with Gasteiger partial charge in [0.1, 0.15) is 18.1 Å². The third-order valence-corrected chi connectivity index (χ3v) is 4.68. The molecule has 28 heavy (non-hydrogen) atoms. The van der Waals surface area contributed by atoms with Crippen LogP contribution in [-0.2, 0) is 6.61 Å². The molecule has 0 aliphatic carbocycles. The van der Waals surface area contributed by atoms with Gasteiger partial charge in [0.05, 0.1) is 7.11 Å². The topological polar surface area (TPSA) is 47.6 Å². The second-order valence-electron chi connectivity index (χ2n) is 6.85. The van der Waals surface area contributed by atoms with Gasteiger partial charge in [0, 0.05) is 16.8 Å². The molecular formula is C24H25NO3. The average molecular weight is 375 g/mol. The lowest BCUT2D eigenvalue weighted by atomic mass is 10.1. The first kappa shape index (κ1) is 19.5. The summed E-state index contributed by atoms with van der Waals surface area (Å²) in [5, 5.41) is 3.02. The molecule has 0 heterocycles. The molecular weight excluding hydrogens is 350 g/mol. The lowest BCUT2D eigenvalue weighted by Gasteiger charge is -2.14. The quantitative estimate of drug-likeness (QED) is 0.623. The molecule has 144 valence electrons. The van der Waals surface area contributed by atoms with Gasteiger partial charge in [-0.1, -0.05) is 35.9 Å². The summed E-state index contributed by atoms with van der Waals surface area (Å²) >= 11 is 0. The SMILES string of the molecule is COc1ccc(C(=O)Nc2c(C)cccc2C)cc1COc1ccc(C)cc1. The van der Waals surface area contributed by atoms with Crippen LogP contribution in [0.5, 0.6) is 11.5 Å². The summed E-state index contributed by atoms with van der Waals surface area (Å²) in [4.78, 5) is 12.8. The maximum absolute atomic E-state index is 12.8. The van der Waals surface area contributed by atoms with Crippen LogP contribution in [0.1, 0.15) is 32.6 Å². The number of hydrogen-bond donors (Lipinski definition) is 1. The minimum Gasteiger partial charge on any atom is -0.496 e. The fraction of sp³-hybridized carbons (Fsp3) is 0.208. The van der Waals surface area contributed by atoms with E-state index in [1.807, 2.05) is 69.3 Å². The van der Waals surface area contributed by atoms with E-state index in [0.29, 0.717) is 17.9 Å². The van der Waals surface area contributed by atoms with E-state index in [9.17, 15) is 4.79 Å². The second-order valence-corrected chi connectivity index (χ2v) is 6.85. The van der Waals surface area contributed by atoms with Gasteiger partial charge in [-0.2, -0.15) is 0 Å². The lowest BCUT2D eigenvalue weighted by molar-refractivity contribution is 0.102. The first-order valence-electron chi connectivity index (χ1n) is 9.22. The van der Waals surface area contributed by atoms with Gasteiger partial charge >= 0.3 is 0 Å². The van der Waals surface area contributed by atoms with Crippen LogP contribution in [0.25, 0.3) is 0 Å². The average Bonchev–Trinajstić information content (AvgIpc) is 2.70. The number of nitrogens with one attached hydrogen (secondary N) is 1. The number of methoxy groups -OCH3 is 1. The standard InChI is InChI=1S/C24H25NO3/c1-16-8-11-21(12-9-16)28-15-20-14-19(10-13-22(20)27-4)24(26)25-23-17(2)6-5-7-18(23)3/h5-14H,15H2,1-4H3,(H,25,26). The Balaban J connectivity index is 1.79. The highest BCUT2D eigenvalue weighted by Gasteiger charge is 2.13. The Bertz CT molecular complexity index is 957. The highest BCUT2D eigenvalue weighted by atomic mass is 16.5. The first-order valence-corrected chi connectivity index (χ1v) is 9.22. The largest absolute Gasteiger partial charge is 0.496 e. The van der Waals surface area contributed by atoms with E-state index < -0.39 is 0 Å². The van der Waals surface area contributed by atoms with Gasteiger partial charge < -0.3 is 14.8 Å². The summed E-state index contributed by atoms with van der Waals surface area (Å²) < 4.78 is 11.3. The maximum Gasteiger partial charge on any atom is 0.255 e. The Morgan fingerprint density at radius 1 is 0.929 bits per heavy atom. The number of anilines is 1.